The number of hydrogen-bond acceptors (Lipinski definition) is 7. The molecule has 0 bridgehead atoms. The number of nitrogens with one attached hydrogen (secondary N) is 2. The zero-order valence-corrected chi connectivity index (χ0v) is 18.1. The molecule has 0 aromatic heterocycles. The van der Waals surface area contributed by atoms with E-state index in [1.165, 1.54) is 24.3 Å². The van der Waals surface area contributed by atoms with Gasteiger partial charge in [0.05, 0.1) is 19.2 Å². The molecule has 4 N–H and O–H groups in total. The lowest BCUT2D eigenvalue weighted by molar-refractivity contribution is -0.274. The van der Waals surface area contributed by atoms with E-state index in [1.807, 2.05) is 0 Å². The monoisotopic (exact) mass is 485 g/mol. The van der Waals surface area contributed by atoms with Gasteiger partial charge in [-0.1, -0.05) is 23.7 Å². The summed E-state index contributed by atoms with van der Waals surface area (Å²) in [4.78, 5) is 4.36. The summed E-state index contributed by atoms with van der Waals surface area (Å²) in [6.45, 7) is 0.819. The van der Waals surface area contributed by atoms with E-state index in [-0.39, 0.29) is 31.3 Å². The highest BCUT2D eigenvalue weighted by Gasteiger charge is 2.31. The topological polar surface area (TPSA) is 95.3 Å². The predicted octanol–water partition coefficient (Wildman–Crippen LogP) is 3.24. The Bertz CT molecular complexity index is 966. The van der Waals surface area contributed by atoms with Gasteiger partial charge in [-0.15, -0.1) is 13.2 Å². The van der Waals surface area contributed by atoms with Crippen LogP contribution in [-0.2, 0) is 4.74 Å². The minimum Gasteiger partial charge on any atom is -0.441 e. The first-order valence-electron chi connectivity index (χ1n) is 10.0. The molecule has 0 radical (unpaired) electrons. The normalized spacial score (nSPS) is 15.8. The van der Waals surface area contributed by atoms with E-state index < -0.39 is 18.6 Å². The molecule has 0 saturated heterocycles. The van der Waals surface area contributed by atoms with Crippen LogP contribution < -0.4 is 15.4 Å². The molecule has 1 aliphatic heterocycles. The van der Waals surface area contributed by atoms with E-state index in [2.05, 4.69) is 20.4 Å². The molecule has 1 heterocycles. The van der Waals surface area contributed by atoms with Crippen LogP contribution in [0.15, 0.2) is 59.6 Å². The van der Waals surface area contributed by atoms with Gasteiger partial charge >= 0.3 is 6.36 Å². The van der Waals surface area contributed by atoms with Crippen LogP contribution >= 0.6 is 11.6 Å². The lowest BCUT2D eigenvalue weighted by atomic mass is 10.1. The van der Waals surface area contributed by atoms with Crippen LogP contribution in [-0.4, -0.2) is 54.8 Å². The minimum atomic E-state index is -4.77. The first-order chi connectivity index (χ1) is 15.7. The molecular formula is C22H23ClF3N3O4. The number of aliphatic hydroxyl groups is 2. The first kappa shape index (κ1) is 25.0. The number of halogens is 4. The van der Waals surface area contributed by atoms with Gasteiger partial charge in [-0.3, -0.25) is 5.32 Å². The fourth-order valence-electron chi connectivity index (χ4n) is 3.06. The molecule has 1 aliphatic rings. The highest BCUT2D eigenvalue weighted by atomic mass is 35.5. The number of benzene rings is 2. The Hall–Kier alpha value is -2.63. The molecule has 2 aromatic rings. The number of aliphatic imine (C=N–C) groups is 1. The van der Waals surface area contributed by atoms with Crippen molar-refractivity contribution in [3.05, 3.63) is 70.8 Å². The second kappa shape index (κ2) is 11.5. The Kier molecular flexibility index (Phi) is 8.70. The number of rotatable bonds is 10. The maximum absolute atomic E-state index is 12.4. The van der Waals surface area contributed by atoms with E-state index in [4.69, 9.17) is 21.4 Å². The van der Waals surface area contributed by atoms with E-state index in [0.29, 0.717) is 28.5 Å². The summed E-state index contributed by atoms with van der Waals surface area (Å²) in [7, 11) is 0. The highest BCUT2D eigenvalue weighted by molar-refractivity contribution is 6.30. The zero-order valence-electron chi connectivity index (χ0n) is 17.3. The van der Waals surface area contributed by atoms with Gasteiger partial charge in [-0.2, -0.15) is 0 Å². The summed E-state index contributed by atoms with van der Waals surface area (Å²) in [5.41, 5.74) is 1.12. The molecule has 0 spiro atoms. The van der Waals surface area contributed by atoms with Crippen LogP contribution in [0.1, 0.15) is 17.4 Å². The highest BCUT2D eigenvalue weighted by Crippen LogP contribution is 2.26. The molecule has 2 unspecified atom stereocenters. The third kappa shape index (κ3) is 7.72. The Morgan fingerprint density at radius 3 is 2.45 bits per heavy atom. The van der Waals surface area contributed by atoms with Crippen LogP contribution in [0, 0.1) is 0 Å². The maximum atomic E-state index is 12.4. The van der Waals surface area contributed by atoms with Gasteiger partial charge in [0, 0.05) is 23.7 Å². The van der Waals surface area contributed by atoms with E-state index >= 15 is 0 Å². The second-order valence-corrected chi connectivity index (χ2v) is 7.46. The Morgan fingerprint density at radius 1 is 1.12 bits per heavy atom. The van der Waals surface area contributed by atoms with Crippen molar-refractivity contribution in [2.24, 2.45) is 4.99 Å². The minimum absolute atomic E-state index is 0.0721. The van der Waals surface area contributed by atoms with Crippen molar-refractivity contribution in [1.29, 1.82) is 0 Å². The Morgan fingerprint density at radius 2 is 1.82 bits per heavy atom. The van der Waals surface area contributed by atoms with Crippen molar-refractivity contribution >= 4 is 23.3 Å². The summed E-state index contributed by atoms with van der Waals surface area (Å²) in [6.07, 6.45) is -4.13. The van der Waals surface area contributed by atoms with Crippen LogP contribution in [0.3, 0.4) is 0 Å². The first-order valence-corrected chi connectivity index (χ1v) is 10.4. The van der Waals surface area contributed by atoms with Gasteiger partial charge in [0.1, 0.15) is 17.7 Å². The average Bonchev–Trinajstić information content (AvgIpc) is 2.78. The van der Waals surface area contributed by atoms with Gasteiger partial charge in [-0.25, -0.2) is 4.99 Å². The SMILES string of the molecule is OCCNCC(NC(O)c1ccc(Cl)cc1)C1=NCC=C(c2ccc(OC(F)(F)F)cc2)O1. The Balaban J connectivity index is 1.70. The summed E-state index contributed by atoms with van der Waals surface area (Å²) >= 11 is 5.90. The number of nitrogens with zero attached hydrogens (tertiary/aromatic N) is 1. The van der Waals surface area contributed by atoms with Crippen molar-refractivity contribution in [1.82, 2.24) is 10.6 Å². The summed E-state index contributed by atoms with van der Waals surface area (Å²) in [5.74, 6) is 0.352. The van der Waals surface area contributed by atoms with Crippen LogP contribution in [0.4, 0.5) is 13.2 Å². The van der Waals surface area contributed by atoms with Gasteiger partial charge in [0.15, 0.2) is 0 Å². The number of ether oxygens (including phenoxy) is 2. The fraction of sp³-hybridized carbons (Fsp3) is 0.318. The predicted molar refractivity (Wildman–Crippen MR) is 118 cm³/mol. The number of hydrogen-bond donors (Lipinski definition) is 4. The largest absolute Gasteiger partial charge is 0.573 e. The molecule has 7 nitrogen and oxygen atoms in total. The van der Waals surface area contributed by atoms with Crippen molar-refractivity contribution in [2.45, 2.75) is 18.6 Å². The summed E-state index contributed by atoms with van der Waals surface area (Å²) in [6, 6.07) is 11.4. The van der Waals surface area contributed by atoms with Crippen molar-refractivity contribution in [3.8, 4) is 5.75 Å². The fourth-order valence-corrected chi connectivity index (χ4v) is 3.18. The molecule has 2 atom stereocenters. The van der Waals surface area contributed by atoms with Crippen LogP contribution in [0.25, 0.3) is 5.76 Å². The molecular weight excluding hydrogens is 463 g/mol. The Labute approximate surface area is 193 Å². The van der Waals surface area contributed by atoms with Gasteiger partial charge in [0.2, 0.25) is 5.90 Å². The third-order valence-corrected chi connectivity index (χ3v) is 4.84. The summed E-state index contributed by atoms with van der Waals surface area (Å²) < 4.78 is 46.9. The van der Waals surface area contributed by atoms with Gasteiger partial charge in [-0.05, 0) is 48.0 Å². The molecule has 0 amide bonds. The molecule has 3 rings (SSSR count). The molecule has 0 aliphatic carbocycles. The van der Waals surface area contributed by atoms with Crippen LogP contribution in [0.2, 0.25) is 5.02 Å². The smallest absolute Gasteiger partial charge is 0.441 e. The van der Waals surface area contributed by atoms with Crippen molar-refractivity contribution in [2.75, 3.05) is 26.2 Å². The molecule has 178 valence electrons. The van der Waals surface area contributed by atoms with E-state index in [0.717, 1.165) is 0 Å². The van der Waals surface area contributed by atoms with Gasteiger partial charge < -0.3 is 25.0 Å². The van der Waals surface area contributed by atoms with Gasteiger partial charge in [0.25, 0.3) is 0 Å². The van der Waals surface area contributed by atoms with Crippen molar-refractivity contribution in [3.63, 3.8) is 0 Å². The number of aliphatic hydroxyl groups excluding tert-OH is 2. The lowest BCUT2D eigenvalue weighted by Crippen LogP contribution is -2.47. The quantitative estimate of drug-likeness (QED) is 0.305. The molecule has 11 heteroatoms. The maximum Gasteiger partial charge on any atom is 0.573 e. The zero-order chi connectivity index (χ0) is 23.8. The standard InChI is InChI=1S/C22H23ClF3N3O4/c23-16-5-1-15(2-6-16)20(31)29-18(13-27-11-12-30)21-28-10-9-19(32-21)14-3-7-17(8-4-14)33-22(24,25)26/h1-9,18,20,27,29-31H,10-13H2. The number of alkyl halides is 3. The molecule has 2 aromatic carbocycles. The van der Waals surface area contributed by atoms with E-state index in [1.54, 1.807) is 30.3 Å². The third-order valence-electron chi connectivity index (χ3n) is 4.59. The molecule has 0 saturated carbocycles. The molecule has 0 fully saturated rings. The second-order valence-electron chi connectivity index (χ2n) is 7.02. The molecule has 33 heavy (non-hydrogen) atoms. The van der Waals surface area contributed by atoms with Crippen LogP contribution in [0.5, 0.6) is 5.75 Å². The lowest BCUT2D eigenvalue weighted by Gasteiger charge is -2.27. The summed E-state index contributed by atoms with van der Waals surface area (Å²) in [5, 5.41) is 26.3. The van der Waals surface area contributed by atoms with Crippen molar-refractivity contribution < 1.29 is 32.9 Å². The van der Waals surface area contributed by atoms with E-state index in [9.17, 15) is 18.3 Å². The average molecular weight is 486 g/mol.